The van der Waals surface area contributed by atoms with Crippen molar-refractivity contribution in [1.29, 1.82) is 0 Å². The van der Waals surface area contributed by atoms with Crippen molar-refractivity contribution in [2.24, 2.45) is 23.7 Å². The number of rotatable bonds is 4. The highest BCUT2D eigenvalue weighted by Gasteiger charge is 2.61. The Balaban J connectivity index is 0.000000481. The van der Waals surface area contributed by atoms with Crippen molar-refractivity contribution in [1.82, 2.24) is 0 Å². The summed E-state index contributed by atoms with van der Waals surface area (Å²) in [5, 5.41) is 0. The van der Waals surface area contributed by atoms with E-state index in [1.807, 2.05) is 111 Å². The van der Waals surface area contributed by atoms with Gasteiger partial charge in [0.25, 0.3) is 0 Å². The van der Waals surface area contributed by atoms with Crippen LogP contribution in [0.5, 0.6) is 0 Å². The third-order valence-corrected chi connectivity index (χ3v) is 12.5. The predicted molar refractivity (Wildman–Crippen MR) is 285 cm³/mol. The van der Waals surface area contributed by atoms with Gasteiger partial charge < -0.3 is 0 Å². The predicted octanol–water partition coefficient (Wildman–Crippen LogP) is 19.7. The lowest BCUT2D eigenvalue weighted by molar-refractivity contribution is 0.181. The molecule has 0 N–H and O–H groups in total. The fourth-order valence-corrected chi connectivity index (χ4v) is 10.8. The molecule has 0 aromatic heterocycles. The summed E-state index contributed by atoms with van der Waals surface area (Å²) in [6, 6.07) is 62.3. The van der Waals surface area contributed by atoms with Crippen molar-refractivity contribution in [3.05, 3.63) is 203 Å². The highest BCUT2D eigenvalue weighted by Crippen LogP contribution is 2.68. The van der Waals surface area contributed by atoms with Crippen LogP contribution < -0.4 is 0 Å². The van der Waals surface area contributed by atoms with Crippen LogP contribution in [0.15, 0.2) is 170 Å². The topological polar surface area (TPSA) is 0 Å². The van der Waals surface area contributed by atoms with Gasteiger partial charge >= 0.3 is 0 Å². The van der Waals surface area contributed by atoms with Gasteiger partial charge in [0.2, 0.25) is 0 Å². The Bertz CT molecular complexity index is 1850. The maximum Gasteiger partial charge on any atom is 0.0713 e. The van der Waals surface area contributed by atoms with E-state index in [1.54, 1.807) is 11.1 Å². The Morgan fingerprint density at radius 3 is 1.00 bits per heavy atom. The van der Waals surface area contributed by atoms with Gasteiger partial charge in [0.05, 0.1) is 5.41 Å². The van der Waals surface area contributed by atoms with Gasteiger partial charge in [-0.1, -0.05) is 287 Å². The standard InChI is InChI=1S/C25H18.C22H24.8C2H6/c1-3-11-19(12-4-1)25(20-13-5-2-6-14-20)23-17-9-7-15-21(23)22-16-8-10-18-24(22)25;1-3-8-17(9-4-1)22(18-10-5-2-6-11-18)15-16-14-21(22)20-13-7-12-19(16)20;8*1-2/h1-18H;1-6,8-11,16,19-21H,7,12-15H2;8*1-2H3. The molecule has 6 aromatic carbocycles. The van der Waals surface area contributed by atoms with Crippen LogP contribution in [-0.2, 0) is 10.8 Å². The van der Waals surface area contributed by atoms with Crippen LogP contribution in [0, 0.1) is 23.7 Å². The average Bonchev–Trinajstić information content (AvgIpc) is 4.21. The normalized spacial score (nSPS) is 18.4. The Morgan fingerprint density at radius 1 is 0.333 bits per heavy atom. The second kappa shape index (κ2) is 31.2. The molecule has 4 aliphatic carbocycles. The molecule has 0 radical (unpaired) electrons. The minimum absolute atomic E-state index is 0.254. The Morgan fingerprint density at radius 2 is 0.635 bits per heavy atom. The maximum atomic E-state index is 2.39. The quantitative estimate of drug-likeness (QED) is 0.166. The van der Waals surface area contributed by atoms with Gasteiger partial charge in [-0.2, -0.15) is 0 Å². The van der Waals surface area contributed by atoms with Crippen LogP contribution >= 0.6 is 0 Å². The van der Waals surface area contributed by atoms with Crippen molar-refractivity contribution in [2.75, 3.05) is 0 Å². The van der Waals surface area contributed by atoms with Crippen LogP contribution in [0.3, 0.4) is 0 Å². The molecule has 4 atom stereocenters. The largest absolute Gasteiger partial charge is 0.0713 e. The number of fused-ring (bicyclic) bond motifs is 8. The molecule has 10 rings (SSSR count). The number of hydrogen-bond donors (Lipinski definition) is 0. The zero-order chi connectivity index (χ0) is 47.3. The lowest BCUT2D eigenvalue weighted by Crippen LogP contribution is -2.40. The summed E-state index contributed by atoms with van der Waals surface area (Å²) in [7, 11) is 0. The van der Waals surface area contributed by atoms with Gasteiger partial charge in [0.1, 0.15) is 0 Å². The minimum atomic E-state index is -0.254. The summed E-state index contributed by atoms with van der Waals surface area (Å²) >= 11 is 0. The zero-order valence-corrected chi connectivity index (χ0v) is 43.0. The van der Waals surface area contributed by atoms with Crippen molar-refractivity contribution in [2.45, 2.75) is 154 Å². The van der Waals surface area contributed by atoms with Crippen molar-refractivity contribution in [3.8, 4) is 11.1 Å². The number of benzene rings is 6. The Labute approximate surface area is 390 Å². The lowest BCUT2D eigenvalue weighted by atomic mass is 9.59. The summed E-state index contributed by atoms with van der Waals surface area (Å²) in [6.45, 7) is 32.0. The van der Waals surface area contributed by atoms with Crippen LogP contribution in [0.1, 0.15) is 176 Å². The molecule has 2 bridgehead atoms. The van der Waals surface area contributed by atoms with Crippen LogP contribution in [0.4, 0.5) is 0 Å². The van der Waals surface area contributed by atoms with Crippen molar-refractivity contribution >= 4 is 0 Å². The molecule has 0 spiro atoms. The molecular formula is C63H90. The molecule has 0 nitrogen and oxygen atoms in total. The summed E-state index contributed by atoms with van der Waals surface area (Å²) < 4.78 is 0. The van der Waals surface area contributed by atoms with Gasteiger partial charge in [-0.05, 0) is 93.9 Å². The van der Waals surface area contributed by atoms with E-state index in [0.717, 1.165) is 23.7 Å². The first-order valence-corrected chi connectivity index (χ1v) is 25.7. The highest BCUT2D eigenvalue weighted by atomic mass is 14.6. The van der Waals surface area contributed by atoms with Crippen LogP contribution in [0.25, 0.3) is 11.1 Å². The van der Waals surface area contributed by atoms with E-state index in [4.69, 9.17) is 0 Å². The molecule has 3 saturated carbocycles. The van der Waals surface area contributed by atoms with E-state index >= 15 is 0 Å². The Kier molecular flexibility index (Phi) is 27.9. The van der Waals surface area contributed by atoms with E-state index in [0.29, 0.717) is 5.41 Å². The first kappa shape index (κ1) is 56.3. The second-order valence-electron chi connectivity index (χ2n) is 14.3. The third-order valence-electron chi connectivity index (χ3n) is 12.5. The van der Waals surface area contributed by atoms with Crippen molar-refractivity contribution in [3.63, 3.8) is 0 Å². The summed E-state index contributed by atoms with van der Waals surface area (Å²) in [4.78, 5) is 0. The molecule has 63 heavy (non-hydrogen) atoms. The SMILES string of the molecule is CC.CC.CC.CC.CC.CC.CC.CC.c1ccc(C2(c3ccccc3)CC3CC2C2CCCC32)cc1.c1ccc(C2(c3ccccc3)c3ccccc3-c3ccccc32)cc1. The van der Waals surface area contributed by atoms with Gasteiger partial charge in [-0.25, -0.2) is 0 Å². The summed E-state index contributed by atoms with van der Waals surface area (Å²) in [5.41, 5.74) is 11.2. The number of hydrogen-bond acceptors (Lipinski definition) is 0. The monoisotopic (exact) mass is 847 g/mol. The molecule has 342 valence electrons. The van der Waals surface area contributed by atoms with Gasteiger partial charge in [0.15, 0.2) is 0 Å². The smallest absolute Gasteiger partial charge is 0.0683 e. The van der Waals surface area contributed by atoms with E-state index < -0.39 is 0 Å². The molecule has 0 saturated heterocycles. The molecule has 3 fully saturated rings. The molecule has 0 aliphatic heterocycles. The van der Waals surface area contributed by atoms with Gasteiger partial charge in [-0.3, -0.25) is 0 Å². The zero-order valence-electron chi connectivity index (χ0n) is 43.0. The Hall–Kier alpha value is -4.68. The first-order valence-electron chi connectivity index (χ1n) is 25.7. The third kappa shape index (κ3) is 11.7. The second-order valence-corrected chi connectivity index (χ2v) is 14.3. The first-order chi connectivity index (χ1) is 31.3. The van der Waals surface area contributed by atoms with E-state index in [2.05, 4.69) is 170 Å². The van der Waals surface area contributed by atoms with Crippen molar-refractivity contribution < 1.29 is 0 Å². The molecule has 4 aliphatic rings. The fraction of sp³-hybridized carbons (Fsp3) is 0.429. The van der Waals surface area contributed by atoms with E-state index in [1.165, 1.54) is 65.5 Å². The molecule has 4 unspecified atom stereocenters. The van der Waals surface area contributed by atoms with E-state index in [-0.39, 0.29) is 5.41 Å². The summed E-state index contributed by atoms with van der Waals surface area (Å²) in [6.07, 6.45) is 7.31. The maximum absolute atomic E-state index is 2.39. The van der Waals surface area contributed by atoms with Gasteiger partial charge in [-0.15, -0.1) is 0 Å². The molecule has 6 aromatic rings. The molecule has 0 amide bonds. The molecule has 0 heteroatoms. The minimum Gasteiger partial charge on any atom is -0.0683 e. The van der Waals surface area contributed by atoms with E-state index in [9.17, 15) is 0 Å². The van der Waals surface area contributed by atoms with Crippen LogP contribution in [0.2, 0.25) is 0 Å². The van der Waals surface area contributed by atoms with Crippen LogP contribution in [-0.4, -0.2) is 0 Å². The molecule has 0 heterocycles. The average molecular weight is 847 g/mol. The van der Waals surface area contributed by atoms with Gasteiger partial charge in [0, 0.05) is 5.41 Å². The summed E-state index contributed by atoms with van der Waals surface area (Å²) in [5.74, 6) is 3.87. The fourth-order valence-electron chi connectivity index (χ4n) is 10.8. The molecular weight excluding hydrogens is 757 g/mol. The highest BCUT2D eigenvalue weighted by molar-refractivity contribution is 5.86. The lowest BCUT2D eigenvalue weighted by Gasteiger charge is -2.44.